The van der Waals surface area contributed by atoms with Crippen LogP contribution in [0.4, 0.5) is 5.69 Å². The molecule has 0 aromatic heterocycles. The molecule has 0 atom stereocenters. The van der Waals surface area contributed by atoms with Crippen LogP contribution in [0.3, 0.4) is 0 Å². The van der Waals surface area contributed by atoms with E-state index in [1.165, 1.54) is 13.1 Å². The van der Waals surface area contributed by atoms with Crippen molar-refractivity contribution in [3.63, 3.8) is 0 Å². The molecule has 0 aliphatic heterocycles. The molecule has 138 valence electrons. The molecule has 0 saturated carbocycles. The van der Waals surface area contributed by atoms with Gasteiger partial charge >= 0.3 is 5.97 Å². The second-order valence-corrected chi connectivity index (χ2v) is 5.27. The maximum absolute atomic E-state index is 11.9. The molecule has 0 aliphatic rings. The van der Waals surface area contributed by atoms with Crippen molar-refractivity contribution in [3.8, 4) is 11.8 Å². The standard InChI is InChI=1S/C19H17N3O5/c1-21-19(25)13-6-4-7-15(9-13)22-17(23)11-27-18(24)12-26-16-8-3-2-5-14(16)10-20/h2-9H,11-12H2,1H3,(H,21,25)(H,22,23). The lowest BCUT2D eigenvalue weighted by atomic mass is 10.2. The van der Waals surface area contributed by atoms with Crippen LogP contribution in [-0.2, 0) is 14.3 Å². The highest BCUT2D eigenvalue weighted by Crippen LogP contribution is 2.16. The number of carbonyl (C=O) groups is 3. The van der Waals surface area contributed by atoms with E-state index in [-0.39, 0.29) is 11.7 Å². The molecule has 0 heterocycles. The predicted molar refractivity (Wildman–Crippen MR) is 96.1 cm³/mol. The van der Waals surface area contributed by atoms with Crippen LogP contribution in [0.15, 0.2) is 48.5 Å². The number of anilines is 1. The average Bonchev–Trinajstić information content (AvgIpc) is 2.70. The Bertz CT molecular complexity index is 889. The number of hydrogen-bond acceptors (Lipinski definition) is 6. The highest BCUT2D eigenvalue weighted by Gasteiger charge is 2.11. The third kappa shape index (κ3) is 5.86. The van der Waals surface area contributed by atoms with Gasteiger partial charge in [-0.1, -0.05) is 18.2 Å². The first-order valence-electron chi connectivity index (χ1n) is 7.93. The molecule has 8 heteroatoms. The Morgan fingerprint density at radius 3 is 2.59 bits per heavy atom. The average molecular weight is 367 g/mol. The van der Waals surface area contributed by atoms with Crippen molar-refractivity contribution in [1.29, 1.82) is 5.26 Å². The first kappa shape index (κ1) is 19.5. The van der Waals surface area contributed by atoms with E-state index in [1.807, 2.05) is 6.07 Å². The Morgan fingerprint density at radius 1 is 1.07 bits per heavy atom. The zero-order valence-corrected chi connectivity index (χ0v) is 14.5. The Balaban J connectivity index is 1.81. The van der Waals surface area contributed by atoms with Crippen LogP contribution in [0.5, 0.6) is 5.75 Å². The fourth-order valence-corrected chi connectivity index (χ4v) is 2.09. The molecular formula is C19H17N3O5. The Labute approximate surface area is 155 Å². The Hall–Kier alpha value is -3.86. The second kappa shape index (κ2) is 9.58. The minimum absolute atomic E-state index is 0.257. The maximum atomic E-state index is 11.9. The molecule has 2 aromatic rings. The minimum Gasteiger partial charge on any atom is -0.481 e. The number of nitrogens with one attached hydrogen (secondary N) is 2. The van der Waals surface area contributed by atoms with Crippen LogP contribution in [0, 0.1) is 11.3 Å². The van der Waals surface area contributed by atoms with Gasteiger partial charge in [0.2, 0.25) is 0 Å². The molecular weight excluding hydrogens is 350 g/mol. The molecule has 0 aliphatic carbocycles. The van der Waals surface area contributed by atoms with Gasteiger partial charge in [-0.25, -0.2) is 4.79 Å². The highest BCUT2D eigenvalue weighted by molar-refractivity contribution is 5.97. The molecule has 2 amide bonds. The molecule has 8 nitrogen and oxygen atoms in total. The molecule has 2 N–H and O–H groups in total. The number of rotatable bonds is 7. The molecule has 0 radical (unpaired) electrons. The third-order valence-electron chi connectivity index (χ3n) is 3.35. The van der Waals surface area contributed by atoms with E-state index in [0.29, 0.717) is 16.8 Å². The van der Waals surface area contributed by atoms with Gasteiger partial charge in [-0.15, -0.1) is 0 Å². The van der Waals surface area contributed by atoms with E-state index in [0.717, 1.165) is 0 Å². The lowest BCUT2D eigenvalue weighted by molar-refractivity contribution is -0.149. The summed E-state index contributed by atoms with van der Waals surface area (Å²) in [5.41, 5.74) is 1.08. The smallest absolute Gasteiger partial charge is 0.344 e. The fraction of sp³-hybridized carbons (Fsp3) is 0.158. The van der Waals surface area contributed by atoms with Crippen molar-refractivity contribution in [3.05, 3.63) is 59.7 Å². The Morgan fingerprint density at radius 2 is 1.85 bits per heavy atom. The van der Waals surface area contributed by atoms with Gasteiger partial charge < -0.3 is 20.1 Å². The first-order chi connectivity index (χ1) is 13.0. The summed E-state index contributed by atoms with van der Waals surface area (Å²) in [5, 5.41) is 14.0. The maximum Gasteiger partial charge on any atom is 0.344 e. The number of ether oxygens (including phenoxy) is 2. The number of carbonyl (C=O) groups excluding carboxylic acids is 3. The predicted octanol–water partition coefficient (Wildman–Crippen LogP) is 1.48. The van der Waals surface area contributed by atoms with Gasteiger partial charge in [-0.2, -0.15) is 5.26 Å². The van der Waals surface area contributed by atoms with Crippen molar-refractivity contribution in [1.82, 2.24) is 5.32 Å². The monoisotopic (exact) mass is 367 g/mol. The van der Waals surface area contributed by atoms with Crippen molar-refractivity contribution in [2.24, 2.45) is 0 Å². The number of hydrogen-bond donors (Lipinski definition) is 2. The van der Waals surface area contributed by atoms with Gasteiger partial charge in [0, 0.05) is 18.3 Å². The van der Waals surface area contributed by atoms with Crippen LogP contribution in [0.25, 0.3) is 0 Å². The minimum atomic E-state index is -0.753. The van der Waals surface area contributed by atoms with E-state index in [2.05, 4.69) is 10.6 Å². The van der Waals surface area contributed by atoms with Crippen molar-refractivity contribution in [2.45, 2.75) is 0 Å². The number of nitriles is 1. The summed E-state index contributed by atoms with van der Waals surface area (Å²) in [6, 6.07) is 14.7. The van der Waals surface area contributed by atoms with E-state index in [4.69, 9.17) is 14.7 Å². The summed E-state index contributed by atoms with van der Waals surface area (Å²) in [6.07, 6.45) is 0. The number of esters is 1. The molecule has 2 rings (SSSR count). The largest absolute Gasteiger partial charge is 0.481 e. The topological polar surface area (TPSA) is 118 Å². The highest BCUT2D eigenvalue weighted by atomic mass is 16.6. The van der Waals surface area contributed by atoms with Gasteiger partial charge in [-0.05, 0) is 30.3 Å². The number of amides is 2. The second-order valence-electron chi connectivity index (χ2n) is 5.27. The van der Waals surface area contributed by atoms with Crippen LogP contribution in [-0.4, -0.2) is 38.0 Å². The van der Waals surface area contributed by atoms with E-state index >= 15 is 0 Å². The number of nitrogens with zero attached hydrogens (tertiary/aromatic N) is 1. The summed E-state index contributed by atoms with van der Waals surface area (Å²) >= 11 is 0. The summed E-state index contributed by atoms with van der Waals surface area (Å²) in [5.74, 6) is -1.34. The lowest BCUT2D eigenvalue weighted by Crippen LogP contribution is -2.24. The van der Waals surface area contributed by atoms with E-state index in [9.17, 15) is 14.4 Å². The SMILES string of the molecule is CNC(=O)c1cccc(NC(=O)COC(=O)COc2ccccc2C#N)c1. The zero-order valence-electron chi connectivity index (χ0n) is 14.5. The molecule has 0 fully saturated rings. The van der Waals surface area contributed by atoms with Gasteiger partial charge in [0.1, 0.15) is 11.8 Å². The fourth-order valence-electron chi connectivity index (χ4n) is 2.09. The van der Waals surface area contributed by atoms with Crippen LogP contribution in [0.1, 0.15) is 15.9 Å². The summed E-state index contributed by atoms with van der Waals surface area (Å²) < 4.78 is 10.1. The normalized spacial score (nSPS) is 9.63. The number of benzene rings is 2. The molecule has 0 bridgehead atoms. The summed E-state index contributed by atoms with van der Waals surface area (Å²) in [6.45, 7) is -0.940. The van der Waals surface area contributed by atoms with Crippen LogP contribution >= 0.6 is 0 Å². The molecule has 27 heavy (non-hydrogen) atoms. The number of para-hydroxylation sites is 1. The Kier molecular flexibility index (Phi) is 6.91. The van der Waals surface area contributed by atoms with Gasteiger partial charge in [-0.3, -0.25) is 9.59 Å². The molecule has 0 unspecified atom stereocenters. The van der Waals surface area contributed by atoms with Gasteiger partial charge in [0.25, 0.3) is 11.8 Å². The van der Waals surface area contributed by atoms with Gasteiger partial charge in [0.05, 0.1) is 5.56 Å². The van der Waals surface area contributed by atoms with Crippen molar-refractivity contribution >= 4 is 23.5 Å². The molecule has 2 aromatic carbocycles. The quantitative estimate of drug-likeness (QED) is 0.716. The molecule has 0 saturated heterocycles. The van der Waals surface area contributed by atoms with Crippen LogP contribution < -0.4 is 15.4 Å². The zero-order chi connectivity index (χ0) is 19.6. The van der Waals surface area contributed by atoms with Crippen LogP contribution in [0.2, 0.25) is 0 Å². The van der Waals surface area contributed by atoms with E-state index in [1.54, 1.807) is 42.5 Å². The third-order valence-corrected chi connectivity index (χ3v) is 3.35. The summed E-state index contributed by atoms with van der Waals surface area (Å²) in [4.78, 5) is 35.1. The lowest BCUT2D eigenvalue weighted by Gasteiger charge is -2.09. The summed E-state index contributed by atoms with van der Waals surface area (Å²) in [7, 11) is 1.50. The van der Waals surface area contributed by atoms with E-state index < -0.39 is 25.1 Å². The van der Waals surface area contributed by atoms with Crippen molar-refractivity contribution in [2.75, 3.05) is 25.6 Å². The molecule has 0 spiro atoms. The van der Waals surface area contributed by atoms with Crippen molar-refractivity contribution < 1.29 is 23.9 Å². The first-order valence-corrected chi connectivity index (χ1v) is 7.93. The van der Waals surface area contributed by atoms with Gasteiger partial charge in [0.15, 0.2) is 13.2 Å².